The van der Waals surface area contributed by atoms with E-state index in [2.05, 4.69) is 66.8 Å². The molecule has 16 heavy (non-hydrogen) atoms. The van der Waals surface area contributed by atoms with Crippen molar-refractivity contribution in [1.82, 2.24) is 0 Å². The molecule has 0 aromatic heterocycles. The van der Waals surface area contributed by atoms with Crippen LogP contribution in [0.4, 0.5) is 0 Å². The molecule has 1 aliphatic carbocycles. The third-order valence-electron chi connectivity index (χ3n) is 3.20. The number of rotatable bonds is 1. The summed E-state index contributed by atoms with van der Waals surface area (Å²) in [6.45, 7) is 0. The van der Waals surface area contributed by atoms with Crippen molar-refractivity contribution in [2.75, 3.05) is 0 Å². The molecule has 78 valence electrons. The van der Waals surface area contributed by atoms with Crippen LogP contribution in [0.25, 0.3) is 10.8 Å². The first kappa shape index (κ1) is 9.41. The minimum Gasteiger partial charge on any atom is -0.0836 e. The van der Waals surface area contributed by atoms with Crippen LogP contribution in [0.1, 0.15) is 17.9 Å². The van der Waals surface area contributed by atoms with Crippen molar-refractivity contribution >= 4 is 10.8 Å². The van der Waals surface area contributed by atoms with E-state index in [0.717, 1.165) is 6.42 Å². The van der Waals surface area contributed by atoms with Gasteiger partial charge >= 0.3 is 0 Å². The molecule has 1 atom stereocenters. The molecule has 3 rings (SSSR count). The average Bonchev–Trinajstić information content (AvgIpc) is 2.39. The molecule has 0 aliphatic heterocycles. The van der Waals surface area contributed by atoms with Gasteiger partial charge in [-0.15, -0.1) is 0 Å². The Morgan fingerprint density at radius 1 is 0.875 bits per heavy atom. The number of hydrogen-bond donors (Lipinski definition) is 0. The molecule has 0 saturated heterocycles. The van der Waals surface area contributed by atoms with Crippen LogP contribution < -0.4 is 0 Å². The lowest BCUT2D eigenvalue weighted by Gasteiger charge is -2.15. The number of hydrogen-bond acceptors (Lipinski definition) is 0. The van der Waals surface area contributed by atoms with Crippen LogP contribution in [-0.2, 0) is 0 Å². The molecule has 0 bridgehead atoms. The maximum atomic E-state index is 2.29. The van der Waals surface area contributed by atoms with Crippen LogP contribution in [-0.4, -0.2) is 0 Å². The van der Waals surface area contributed by atoms with E-state index in [1.165, 1.54) is 16.3 Å². The summed E-state index contributed by atoms with van der Waals surface area (Å²) in [6.07, 6.45) is 9.93. The third kappa shape index (κ3) is 1.57. The number of benzene rings is 2. The Balaban J connectivity index is 2.16. The summed E-state index contributed by atoms with van der Waals surface area (Å²) in [5, 5.41) is 2.72. The van der Waals surface area contributed by atoms with Gasteiger partial charge in [0.05, 0.1) is 0 Å². The smallest absolute Gasteiger partial charge is 0.00618 e. The molecule has 0 saturated carbocycles. The highest BCUT2D eigenvalue weighted by Crippen LogP contribution is 2.30. The molecule has 0 amide bonds. The van der Waals surface area contributed by atoms with E-state index in [1.807, 2.05) is 0 Å². The fourth-order valence-electron chi connectivity index (χ4n) is 2.39. The van der Waals surface area contributed by atoms with Crippen LogP contribution in [0.3, 0.4) is 0 Å². The molecule has 0 N–H and O–H groups in total. The van der Waals surface area contributed by atoms with Gasteiger partial charge in [-0.3, -0.25) is 0 Å². The van der Waals surface area contributed by atoms with E-state index >= 15 is 0 Å². The lowest BCUT2D eigenvalue weighted by molar-refractivity contribution is 0.862. The van der Waals surface area contributed by atoms with Gasteiger partial charge in [0.15, 0.2) is 0 Å². The van der Waals surface area contributed by atoms with Crippen molar-refractivity contribution < 1.29 is 0 Å². The Morgan fingerprint density at radius 2 is 1.75 bits per heavy atom. The van der Waals surface area contributed by atoms with Crippen molar-refractivity contribution in [3.63, 3.8) is 0 Å². The molecule has 0 fully saturated rings. The quantitative estimate of drug-likeness (QED) is 0.647. The molecular weight excluding hydrogens is 192 g/mol. The Labute approximate surface area is 95.9 Å². The average molecular weight is 206 g/mol. The normalized spacial score (nSPS) is 19.1. The fourth-order valence-corrected chi connectivity index (χ4v) is 2.39. The van der Waals surface area contributed by atoms with Gasteiger partial charge < -0.3 is 0 Å². The van der Waals surface area contributed by atoms with Gasteiger partial charge in [0.1, 0.15) is 0 Å². The molecule has 0 heteroatoms. The summed E-state index contributed by atoms with van der Waals surface area (Å²) in [6, 6.07) is 15.2. The SMILES string of the molecule is C1=CCC(c2cccc3ccccc23)C=C1. The van der Waals surface area contributed by atoms with Crippen LogP contribution in [0.15, 0.2) is 66.8 Å². The van der Waals surface area contributed by atoms with Gasteiger partial charge in [0.25, 0.3) is 0 Å². The number of fused-ring (bicyclic) bond motifs is 1. The second kappa shape index (κ2) is 3.97. The molecular formula is C16H14. The van der Waals surface area contributed by atoms with Crippen molar-refractivity contribution in [2.24, 2.45) is 0 Å². The van der Waals surface area contributed by atoms with E-state index < -0.39 is 0 Å². The molecule has 0 heterocycles. The summed E-state index contributed by atoms with van der Waals surface area (Å²) in [7, 11) is 0. The van der Waals surface area contributed by atoms with Crippen LogP contribution >= 0.6 is 0 Å². The van der Waals surface area contributed by atoms with Gasteiger partial charge in [-0.1, -0.05) is 66.8 Å². The zero-order valence-corrected chi connectivity index (χ0v) is 9.14. The lowest BCUT2D eigenvalue weighted by Crippen LogP contribution is -1.97. The van der Waals surface area contributed by atoms with Crippen LogP contribution in [0, 0.1) is 0 Å². The molecule has 2 aromatic carbocycles. The van der Waals surface area contributed by atoms with Crippen LogP contribution in [0.2, 0.25) is 0 Å². The summed E-state index contributed by atoms with van der Waals surface area (Å²) >= 11 is 0. The van der Waals surface area contributed by atoms with E-state index in [4.69, 9.17) is 0 Å². The summed E-state index contributed by atoms with van der Waals surface area (Å²) in [5.74, 6) is 0.538. The highest BCUT2D eigenvalue weighted by Gasteiger charge is 2.10. The summed E-state index contributed by atoms with van der Waals surface area (Å²) in [5.41, 5.74) is 1.44. The minimum atomic E-state index is 0.538. The zero-order chi connectivity index (χ0) is 10.8. The Kier molecular flexibility index (Phi) is 2.34. The molecule has 2 aromatic rings. The van der Waals surface area contributed by atoms with E-state index in [9.17, 15) is 0 Å². The first-order valence-corrected chi connectivity index (χ1v) is 5.76. The summed E-state index contributed by atoms with van der Waals surface area (Å²) in [4.78, 5) is 0. The van der Waals surface area contributed by atoms with Gasteiger partial charge in [-0.2, -0.15) is 0 Å². The van der Waals surface area contributed by atoms with E-state index in [0.29, 0.717) is 5.92 Å². The largest absolute Gasteiger partial charge is 0.0836 e. The van der Waals surface area contributed by atoms with Gasteiger partial charge in [-0.25, -0.2) is 0 Å². The minimum absolute atomic E-state index is 0.538. The predicted octanol–water partition coefficient (Wildman–Crippen LogP) is 4.44. The van der Waals surface area contributed by atoms with Crippen LogP contribution in [0.5, 0.6) is 0 Å². The Hall–Kier alpha value is -1.82. The molecule has 0 nitrogen and oxygen atoms in total. The van der Waals surface area contributed by atoms with Crippen molar-refractivity contribution in [3.8, 4) is 0 Å². The second-order valence-electron chi connectivity index (χ2n) is 4.22. The first-order valence-electron chi connectivity index (χ1n) is 5.76. The molecule has 1 unspecified atom stereocenters. The fraction of sp³-hybridized carbons (Fsp3) is 0.125. The van der Waals surface area contributed by atoms with E-state index in [-0.39, 0.29) is 0 Å². The third-order valence-corrected chi connectivity index (χ3v) is 3.20. The first-order chi connectivity index (χ1) is 7.95. The van der Waals surface area contributed by atoms with Crippen molar-refractivity contribution in [2.45, 2.75) is 12.3 Å². The lowest BCUT2D eigenvalue weighted by atomic mass is 9.89. The van der Waals surface area contributed by atoms with Crippen molar-refractivity contribution in [3.05, 3.63) is 72.3 Å². The Bertz CT molecular complexity index is 556. The molecule has 1 aliphatic rings. The monoisotopic (exact) mass is 206 g/mol. The Morgan fingerprint density at radius 3 is 2.62 bits per heavy atom. The zero-order valence-electron chi connectivity index (χ0n) is 9.14. The van der Waals surface area contributed by atoms with Gasteiger partial charge in [0, 0.05) is 5.92 Å². The highest BCUT2D eigenvalue weighted by atomic mass is 14.1. The molecule has 0 spiro atoms. The van der Waals surface area contributed by atoms with E-state index in [1.54, 1.807) is 0 Å². The van der Waals surface area contributed by atoms with Gasteiger partial charge in [-0.05, 0) is 22.8 Å². The molecule has 0 radical (unpaired) electrons. The standard InChI is InChI=1S/C16H14/c1-2-7-13(8-3-1)16-12-6-10-14-9-4-5-11-15(14)16/h1-7,9-13H,8H2. The topological polar surface area (TPSA) is 0 Å². The number of allylic oxidation sites excluding steroid dienone is 4. The maximum absolute atomic E-state index is 2.29. The predicted molar refractivity (Wildman–Crippen MR) is 69.6 cm³/mol. The highest BCUT2D eigenvalue weighted by molar-refractivity contribution is 5.86. The van der Waals surface area contributed by atoms with Crippen molar-refractivity contribution in [1.29, 1.82) is 0 Å². The second-order valence-corrected chi connectivity index (χ2v) is 4.22. The maximum Gasteiger partial charge on any atom is 0.00618 e. The van der Waals surface area contributed by atoms with Gasteiger partial charge in [0.2, 0.25) is 0 Å². The summed E-state index contributed by atoms with van der Waals surface area (Å²) < 4.78 is 0.